The number of halogens is 4. The molecule has 90 valence electrons. The number of alkyl halides is 4. The summed E-state index contributed by atoms with van der Waals surface area (Å²) in [4.78, 5) is 3.64. The second-order valence-electron chi connectivity index (χ2n) is 3.04. The van der Waals surface area contributed by atoms with E-state index < -0.39 is 11.7 Å². The summed E-state index contributed by atoms with van der Waals surface area (Å²) in [6.07, 6.45) is -3.70. The maximum absolute atomic E-state index is 12.3. The van der Waals surface area contributed by atoms with Crippen molar-refractivity contribution in [3.63, 3.8) is 0 Å². The van der Waals surface area contributed by atoms with Crippen LogP contribution in [-0.4, -0.2) is 25.2 Å². The van der Waals surface area contributed by atoms with Gasteiger partial charge in [0.2, 0.25) is 0 Å². The topological polar surface area (TPSA) is 56.5 Å². The van der Waals surface area contributed by atoms with Crippen LogP contribution in [0.2, 0.25) is 0 Å². The Morgan fingerprint density at radius 1 is 1.29 bits per heavy atom. The molecule has 2 aromatic heterocycles. The SMILES string of the molecule is FC(F)(F)c1ccc(-n2nnnc2CCl)nc1. The summed E-state index contributed by atoms with van der Waals surface area (Å²) in [5.41, 5.74) is -0.832. The summed E-state index contributed by atoms with van der Waals surface area (Å²) < 4.78 is 38.1. The van der Waals surface area contributed by atoms with Crippen LogP contribution in [0.25, 0.3) is 5.82 Å². The van der Waals surface area contributed by atoms with Crippen molar-refractivity contribution in [3.8, 4) is 5.82 Å². The molecule has 0 spiro atoms. The number of hydrogen-bond acceptors (Lipinski definition) is 4. The Bertz CT molecular complexity index is 507. The lowest BCUT2D eigenvalue weighted by Gasteiger charge is -2.06. The lowest BCUT2D eigenvalue weighted by molar-refractivity contribution is -0.137. The zero-order valence-corrected chi connectivity index (χ0v) is 8.94. The summed E-state index contributed by atoms with van der Waals surface area (Å²) in [7, 11) is 0. The normalized spacial score (nSPS) is 11.8. The zero-order valence-electron chi connectivity index (χ0n) is 8.19. The van der Waals surface area contributed by atoms with E-state index in [2.05, 4.69) is 20.5 Å². The quantitative estimate of drug-likeness (QED) is 0.776. The number of rotatable bonds is 2. The van der Waals surface area contributed by atoms with Crippen molar-refractivity contribution in [2.75, 3.05) is 0 Å². The average molecular weight is 264 g/mol. The van der Waals surface area contributed by atoms with Gasteiger partial charge >= 0.3 is 6.18 Å². The van der Waals surface area contributed by atoms with Crippen LogP contribution in [0.5, 0.6) is 0 Å². The Labute approximate surface area is 98.2 Å². The molecule has 0 amide bonds. The molecule has 0 radical (unpaired) electrons. The Morgan fingerprint density at radius 2 is 2.06 bits per heavy atom. The summed E-state index contributed by atoms with van der Waals surface area (Å²) in [5, 5.41) is 10.5. The van der Waals surface area contributed by atoms with Gasteiger partial charge in [0.1, 0.15) is 0 Å². The molecule has 0 aliphatic heterocycles. The van der Waals surface area contributed by atoms with E-state index in [1.807, 2.05) is 0 Å². The van der Waals surface area contributed by atoms with E-state index in [-0.39, 0.29) is 11.7 Å². The van der Waals surface area contributed by atoms with Crippen LogP contribution >= 0.6 is 11.6 Å². The van der Waals surface area contributed by atoms with Gasteiger partial charge in [0.25, 0.3) is 0 Å². The van der Waals surface area contributed by atoms with Crippen LogP contribution in [0.1, 0.15) is 11.4 Å². The number of hydrogen-bond donors (Lipinski definition) is 0. The van der Waals surface area contributed by atoms with Gasteiger partial charge < -0.3 is 0 Å². The summed E-state index contributed by atoms with van der Waals surface area (Å²) in [6.45, 7) is 0. The molecule has 0 aliphatic rings. The minimum absolute atomic E-state index is 0.0374. The second kappa shape index (κ2) is 4.28. The fourth-order valence-corrected chi connectivity index (χ4v) is 1.31. The molecule has 0 fully saturated rings. The minimum atomic E-state index is -4.42. The fourth-order valence-electron chi connectivity index (χ4n) is 1.15. The molecule has 0 atom stereocenters. The maximum atomic E-state index is 12.3. The predicted molar refractivity (Wildman–Crippen MR) is 51.5 cm³/mol. The first kappa shape index (κ1) is 11.8. The van der Waals surface area contributed by atoms with Gasteiger partial charge in [-0.15, -0.1) is 16.7 Å². The highest BCUT2D eigenvalue weighted by Crippen LogP contribution is 2.28. The first-order valence-corrected chi connectivity index (χ1v) is 4.92. The van der Waals surface area contributed by atoms with E-state index in [4.69, 9.17) is 11.6 Å². The van der Waals surface area contributed by atoms with Gasteiger partial charge in [0.15, 0.2) is 11.6 Å². The molecule has 0 bridgehead atoms. The van der Waals surface area contributed by atoms with Crippen molar-refractivity contribution >= 4 is 11.6 Å². The highest BCUT2D eigenvalue weighted by Gasteiger charge is 2.30. The third-order valence-electron chi connectivity index (χ3n) is 1.95. The number of tetrazole rings is 1. The van der Waals surface area contributed by atoms with Crippen LogP contribution in [-0.2, 0) is 12.1 Å². The van der Waals surface area contributed by atoms with E-state index in [1.165, 1.54) is 10.7 Å². The van der Waals surface area contributed by atoms with Crippen LogP contribution in [0.4, 0.5) is 13.2 Å². The molecule has 0 saturated carbocycles. The summed E-state index contributed by atoms with van der Waals surface area (Å²) in [6, 6.07) is 2.08. The van der Waals surface area contributed by atoms with Crippen LogP contribution < -0.4 is 0 Å². The Hall–Kier alpha value is -1.70. The Kier molecular flexibility index (Phi) is 2.97. The largest absolute Gasteiger partial charge is 0.417 e. The predicted octanol–water partition coefficient (Wildman–Crippen LogP) is 1.81. The van der Waals surface area contributed by atoms with Crippen molar-refractivity contribution in [1.29, 1.82) is 0 Å². The number of pyridine rings is 1. The van der Waals surface area contributed by atoms with Gasteiger partial charge in [-0.1, -0.05) is 0 Å². The van der Waals surface area contributed by atoms with E-state index in [0.717, 1.165) is 12.3 Å². The van der Waals surface area contributed by atoms with Crippen molar-refractivity contribution in [3.05, 3.63) is 29.7 Å². The Morgan fingerprint density at radius 3 is 2.59 bits per heavy atom. The van der Waals surface area contributed by atoms with Gasteiger partial charge in [0.05, 0.1) is 11.4 Å². The first-order valence-electron chi connectivity index (χ1n) is 4.39. The molecule has 0 aliphatic carbocycles. The zero-order chi connectivity index (χ0) is 12.5. The van der Waals surface area contributed by atoms with E-state index in [0.29, 0.717) is 5.82 Å². The van der Waals surface area contributed by atoms with E-state index in [1.54, 1.807) is 0 Å². The average Bonchev–Trinajstić information content (AvgIpc) is 2.76. The molecule has 5 nitrogen and oxygen atoms in total. The van der Waals surface area contributed by atoms with Crippen molar-refractivity contribution in [1.82, 2.24) is 25.2 Å². The van der Waals surface area contributed by atoms with Crippen molar-refractivity contribution < 1.29 is 13.2 Å². The molecule has 2 aromatic rings. The first-order chi connectivity index (χ1) is 8.02. The molecule has 17 heavy (non-hydrogen) atoms. The lowest BCUT2D eigenvalue weighted by atomic mass is 10.3. The van der Waals surface area contributed by atoms with Crippen LogP contribution in [0.15, 0.2) is 18.3 Å². The van der Waals surface area contributed by atoms with E-state index in [9.17, 15) is 13.2 Å². The Balaban J connectivity index is 2.36. The van der Waals surface area contributed by atoms with Gasteiger partial charge in [0, 0.05) is 6.20 Å². The molecule has 2 heterocycles. The molecule has 2 rings (SSSR count). The van der Waals surface area contributed by atoms with Gasteiger partial charge in [-0.25, -0.2) is 4.98 Å². The molecular weight excluding hydrogens is 259 g/mol. The van der Waals surface area contributed by atoms with Crippen molar-refractivity contribution in [2.24, 2.45) is 0 Å². The maximum Gasteiger partial charge on any atom is 0.417 e. The van der Waals surface area contributed by atoms with E-state index >= 15 is 0 Å². The number of aromatic nitrogens is 5. The molecule has 0 aromatic carbocycles. The standard InChI is InChI=1S/C8H5ClF3N5/c9-3-7-14-15-16-17(7)6-2-1-5(4-13-6)8(10,11)12/h1-2,4H,3H2. The highest BCUT2D eigenvalue weighted by atomic mass is 35.5. The fraction of sp³-hybridized carbons (Fsp3) is 0.250. The summed E-state index contributed by atoms with van der Waals surface area (Å²) in [5.74, 6) is 0.521. The molecule has 0 unspecified atom stereocenters. The second-order valence-corrected chi connectivity index (χ2v) is 3.31. The van der Waals surface area contributed by atoms with Gasteiger partial charge in [-0.05, 0) is 22.6 Å². The van der Waals surface area contributed by atoms with Gasteiger partial charge in [-0.2, -0.15) is 17.9 Å². The summed E-state index contributed by atoms with van der Waals surface area (Å²) >= 11 is 5.56. The smallest absolute Gasteiger partial charge is 0.236 e. The molecular formula is C8H5ClF3N5. The molecule has 0 N–H and O–H groups in total. The number of nitrogens with zero attached hydrogens (tertiary/aromatic N) is 5. The van der Waals surface area contributed by atoms with Gasteiger partial charge in [-0.3, -0.25) is 0 Å². The van der Waals surface area contributed by atoms with Crippen LogP contribution in [0, 0.1) is 0 Å². The van der Waals surface area contributed by atoms with Crippen LogP contribution in [0.3, 0.4) is 0 Å². The monoisotopic (exact) mass is 263 g/mol. The third kappa shape index (κ3) is 2.36. The minimum Gasteiger partial charge on any atom is -0.236 e. The van der Waals surface area contributed by atoms with Crippen molar-refractivity contribution in [2.45, 2.75) is 12.1 Å². The molecule has 9 heteroatoms. The molecule has 0 saturated heterocycles. The third-order valence-corrected chi connectivity index (χ3v) is 2.18. The highest BCUT2D eigenvalue weighted by molar-refractivity contribution is 6.16. The lowest BCUT2D eigenvalue weighted by Crippen LogP contribution is -2.08.